The molecule has 1 aromatic heterocycles. The maximum atomic E-state index is 9.75. The van der Waals surface area contributed by atoms with Crippen LogP contribution >= 0.6 is 0 Å². The summed E-state index contributed by atoms with van der Waals surface area (Å²) in [6.45, 7) is 0.912. The molecular formula is C12H15BF4N3-. The first-order chi connectivity index (χ1) is 9.36. The van der Waals surface area contributed by atoms with Gasteiger partial charge in [0.2, 0.25) is 0 Å². The molecule has 0 aliphatic heterocycles. The highest BCUT2D eigenvalue weighted by atomic mass is 19.5. The fourth-order valence-electron chi connectivity index (χ4n) is 1.51. The molecule has 2 rings (SSSR count). The Hall–Kier alpha value is -1.99. The standard InChI is InChI=1S/C12H15N3.BF4/c1-15-10-9-14-12(15)7-8-13-11-5-3-2-4-6-11;2-1(3,4)5/h2-6,9-10,13H,7-8H2,1H3;/q;-1. The fourth-order valence-corrected chi connectivity index (χ4v) is 1.51. The summed E-state index contributed by atoms with van der Waals surface area (Å²) in [6.07, 6.45) is 4.74. The number of imidazole rings is 1. The third-order valence-electron chi connectivity index (χ3n) is 2.37. The molecule has 0 aliphatic carbocycles. The summed E-state index contributed by atoms with van der Waals surface area (Å²) in [6, 6.07) is 10.2. The predicted octanol–water partition coefficient (Wildman–Crippen LogP) is 3.37. The minimum Gasteiger partial charge on any atom is -0.418 e. The van der Waals surface area contributed by atoms with Gasteiger partial charge in [-0.15, -0.1) is 0 Å². The zero-order chi connectivity index (χ0) is 15.0. The number of para-hydroxylation sites is 1. The molecule has 3 nitrogen and oxygen atoms in total. The van der Waals surface area contributed by atoms with Crippen molar-refractivity contribution in [2.24, 2.45) is 7.05 Å². The molecule has 0 saturated carbocycles. The topological polar surface area (TPSA) is 29.9 Å². The van der Waals surface area contributed by atoms with E-state index in [0.29, 0.717) is 0 Å². The highest BCUT2D eigenvalue weighted by molar-refractivity contribution is 6.50. The van der Waals surface area contributed by atoms with Crippen molar-refractivity contribution in [2.45, 2.75) is 6.42 Å². The number of nitrogens with one attached hydrogen (secondary N) is 1. The lowest BCUT2D eigenvalue weighted by molar-refractivity contribution is 0.368. The largest absolute Gasteiger partial charge is 0.673 e. The molecule has 0 radical (unpaired) electrons. The predicted molar refractivity (Wildman–Crippen MR) is 72.0 cm³/mol. The van der Waals surface area contributed by atoms with Crippen LogP contribution in [0.4, 0.5) is 23.0 Å². The fraction of sp³-hybridized carbons (Fsp3) is 0.250. The van der Waals surface area contributed by atoms with E-state index in [1.54, 1.807) is 0 Å². The van der Waals surface area contributed by atoms with Gasteiger partial charge in [-0.05, 0) is 12.1 Å². The van der Waals surface area contributed by atoms with Gasteiger partial charge in [0.05, 0.1) is 0 Å². The third kappa shape index (κ3) is 7.45. The van der Waals surface area contributed by atoms with E-state index in [0.717, 1.165) is 24.5 Å². The van der Waals surface area contributed by atoms with Gasteiger partial charge in [-0.1, -0.05) is 18.2 Å². The average Bonchev–Trinajstić information content (AvgIpc) is 2.75. The Bertz CT molecular complexity index is 493. The van der Waals surface area contributed by atoms with Crippen molar-refractivity contribution in [3.8, 4) is 0 Å². The minimum absolute atomic E-state index is 0.912. The molecule has 1 heterocycles. The number of halogens is 4. The number of anilines is 1. The van der Waals surface area contributed by atoms with Crippen LogP contribution in [-0.4, -0.2) is 23.4 Å². The van der Waals surface area contributed by atoms with Crippen LogP contribution in [0.5, 0.6) is 0 Å². The van der Waals surface area contributed by atoms with E-state index in [-0.39, 0.29) is 0 Å². The lowest BCUT2D eigenvalue weighted by Crippen LogP contribution is -2.08. The van der Waals surface area contributed by atoms with Gasteiger partial charge in [0, 0.05) is 38.1 Å². The first kappa shape index (κ1) is 16.1. The number of hydrogen-bond acceptors (Lipinski definition) is 2. The second-order valence-electron chi connectivity index (χ2n) is 3.99. The molecule has 0 aliphatic rings. The molecule has 0 saturated heterocycles. The highest BCUT2D eigenvalue weighted by Crippen LogP contribution is 2.06. The van der Waals surface area contributed by atoms with Crippen molar-refractivity contribution in [2.75, 3.05) is 11.9 Å². The Morgan fingerprint density at radius 1 is 1.15 bits per heavy atom. The van der Waals surface area contributed by atoms with Crippen LogP contribution in [0.2, 0.25) is 0 Å². The van der Waals surface area contributed by atoms with Gasteiger partial charge in [-0.25, -0.2) is 4.98 Å². The molecule has 1 N–H and O–H groups in total. The number of aryl methyl sites for hydroxylation is 1. The number of aromatic nitrogens is 2. The summed E-state index contributed by atoms with van der Waals surface area (Å²) < 4.78 is 41.0. The smallest absolute Gasteiger partial charge is 0.418 e. The molecular weight excluding hydrogens is 273 g/mol. The lowest BCUT2D eigenvalue weighted by atomic mass is 10.3. The number of hydrogen-bond donors (Lipinski definition) is 1. The summed E-state index contributed by atoms with van der Waals surface area (Å²) in [4.78, 5) is 4.27. The van der Waals surface area contributed by atoms with E-state index in [2.05, 4.69) is 22.4 Å². The van der Waals surface area contributed by atoms with Gasteiger partial charge in [0.25, 0.3) is 0 Å². The monoisotopic (exact) mass is 288 g/mol. The zero-order valence-corrected chi connectivity index (χ0v) is 10.9. The molecule has 0 atom stereocenters. The summed E-state index contributed by atoms with van der Waals surface area (Å²) in [5, 5.41) is 3.36. The number of rotatable bonds is 4. The van der Waals surface area contributed by atoms with E-state index in [1.165, 1.54) is 0 Å². The zero-order valence-electron chi connectivity index (χ0n) is 10.9. The Kier molecular flexibility index (Phi) is 6.08. The Balaban J connectivity index is 0.000000347. The Morgan fingerprint density at radius 3 is 2.25 bits per heavy atom. The molecule has 8 heteroatoms. The molecule has 0 amide bonds. The van der Waals surface area contributed by atoms with E-state index in [9.17, 15) is 17.3 Å². The minimum atomic E-state index is -6.00. The number of benzene rings is 1. The SMILES string of the molecule is Cn1ccnc1CCNc1ccccc1.F[B-](F)(F)F. The lowest BCUT2D eigenvalue weighted by Gasteiger charge is -2.05. The quantitative estimate of drug-likeness (QED) is 0.690. The van der Waals surface area contributed by atoms with Gasteiger partial charge in [0.15, 0.2) is 0 Å². The molecule has 0 bridgehead atoms. The summed E-state index contributed by atoms with van der Waals surface area (Å²) in [5.74, 6) is 1.11. The van der Waals surface area contributed by atoms with Crippen LogP contribution in [0.3, 0.4) is 0 Å². The van der Waals surface area contributed by atoms with Gasteiger partial charge in [-0.2, -0.15) is 0 Å². The van der Waals surface area contributed by atoms with E-state index in [4.69, 9.17) is 0 Å². The molecule has 0 spiro atoms. The van der Waals surface area contributed by atoms with Crippen molar-refractivity contribution >= 4 is 12.9 Å². The second kappa shape index (κ2) is 7.57. The van der Waals surface area contributed by atoms with Crippen LogP contribution in [0.15, 0.2) is 42.7 Å². The molecule has 1 aromatic carbocycles. The average molecular weight is 288 g/mol. The van der Waals surface area contributed by atoms with E-state index < -0.39 is 7.25 Å². The van der Waals surface area contributed by atoms with E-state index >= 15 is 0 Å². The summed E-state index contributed by atoms with van der Waals surface area (Å²) in [7, 11) is -3.98. The van der Waals surface area contributed by atoms with Gasteiger partial charge in [-0.3, -0.25) is 0 Å². The van der Waals surface area contributed by atoms with Crippen molar-refractivity contribution in [1.82, 2.24) is 9.55 Å². The maximum absolute atomic E-state index is 9.75. The van der Waals surface area contributed by atoms with Crippen molar-refractivity contribution in [3.05, 3.63) is 48.5 Å². The third-order valence-corrected chi connectivity index (χ3v) is 2.37. The normalized spacial score (nSPS) is 10.7. The van der Waals surface area contributed by atoms with Gasteiger partial charge in [0.1, 0.15) is 5.82 Å². The molecule has 2 aromatic rings. The van der Waals surface area contributed by atoms with E-state index in [1.807, 2.05) is 42.2 Å². The molecule has 0 unspecified atom stereocenters. The molecule has 110 valence electrons. The van der Waals surface area contributed by atoms with Crippen molar-refractivity contribution in [3.63, 3.8) is 0 Å². The highest BCUT2D eigenvalue weighted by Gasteiger charge is 2.20. The van der Waals surface area contributed by atoms with Crippen LogP contribution in [0.1, 0.15) is 5.82 Å². The summed E-state index contributed by atoms with van der Waals surface area (Å²) >= 11 is 0. The maximum Gasteiger partial charge on any atom is 0.673 e. The Labute approximate surface area is 114 Å². The number of nitrogens with zero attached hydrogens (tertiary/aromatic N) is 2. The van der Waals surface area contributed by atoms with Gasteiger partial charge >= 0.3 is 7.25 Å². The summed E-state index contributed by atoms with van der Waals surface area (Å²) in [5.41, 5.74) is 1.16. The van der Waals surface area contributed by atoms with Crippen molar-refractivity contribution in [1.29, 1.82) is 0 Å². The van der Waals surface area contributed by atoms with Crippen LogP contribution in [-0.2, 0) is 13.5 Å². The molecule has 0 fully saturated rings. The first-order valence-electron chi connectivity index (χ1n) is 5.98. The van der Waals surface area contributed by atoms with Crippen LogP contribution in [0, 0.1) is 0 Å². The molecule has 20 heavy (non-hydrogen) atoms. The Morgan fingerprint density at radius 2 is 1.75 bits per heavy atom. The van der Waals surface area contributed by atoms with Crippen LogP contribution in [0.25, 0.3) is 0 Å². The van der Waals surface area contributed by atoms with Crippen molar-refractivity contribution < 1.29 is 17.3 Å². The van der Waals surface area contributed by atoms with Crippen LogP contribution < -0.4 is 5.32 Å². The first-order valence-corrected chi connectivity index (χ1v) is 5.98. The van der Waals surface area contributed by atoms with Gasteiger partial charge < -0.3 is 27.1 Å². The second-order valence-corrected chi connectivity index (χ2v) is 3.99.